The highest BCUT2D eigenvalue weighted by molar-refractivity contribution is 6.16. The van der Waals surface area contributed by atoms with E-state index in [1.165, 1.54) is 110 Å². The molecule has 76 heavy (non-hydrogen) atoms. The Labute approximate surface area is 439 Å². The summed E-state index contributed by atoms with van der Waals surface area (Å²) in [5, 5.41) is 19.1. The normalized spacial score (nSPS) is 15.3. The van der Waals surface area contributed by atoms with Gasteiger partial charge in [0.1, 0.15) is 5.69 Å². The molecule has 0 bridgehead atoms. The standard InChI is InChI=1S/C71H51N5/c1-69(2)54-25-13-7-19-41(54)47-34-50-44-22-10-16-28-61(44)74(64(50)37-57(47)69)40-31-32-60-53(33-40)67(75-62-29-17-11-23-45(62)51-35-48-42-20-8-14-26-55(42)70(3,4)58(48)38-65(51)75)68(73-72-60)76-63-30-18-12-24-46(63)52-36-49-43-21-9-15-27-56(43)71(5,6)59(49)39-66(52)76/h7-39H,1-6H3. The molecule has 3 aliphatic rings. The predicted octanol–water partition coefficient (Wildman–Crippen LogP) is 17.8. The van der Waals surface area contributed by atoms with Gasteiger partial charge in [-0.2, -0.15) is 0 Å². The molecule has 0 aliphatic heterocycles. The second kappa shape index (κ2) is 14.2. The van der Waals surface area contributed by atoms with Gasteiger partial charge in [-0.1, -0.05) is 169 Å². The van der Waals surface area contributed by atoms with Gasteiger partial charge in [0.25, 0.3) is 0 Å². The minimum Gasteiger partial charge on any atom is -0.309 e. The molecule has 4 aromatic heterocycles. The largest absolute Gasteiger partial charge is 0.309 e. The SMILES string of the molecule is CC1(C)c2ccccc2-c2cc3c4ccccc4n(-c4ccc5nnc(-n6c7ccccc7c7cc8c(cc76)C(C)(C)c6ccccc6-8)c(-n6c7ccccc7c7cc8c(cc76)C(C)(C)c6ccccc6-8)c5c4)c3cc21. The number of hydrogen-bond donors (Lipinski definition) is 0. The van der Waals surface area contributed by atoms with E-state index in [2.05, 4.69) is 255 Å². The predicted molar refractivity (Wildman–Crippen MR) is 315 cm³/mol. The minimum atomic E-state index is -0.208. The maximum Gasteiger partial charge on any atom is 0.185 e. The molecule has 0 amide bonds. The van der Waals surface area contributed by atoms with Crippen LogP contribution in [0.15, 0.2) is 200 Å². The highest BCUT2D eigenvalue weighted by Crippen LogP contribution is 2.55. The van der Waals surface area contributed by atoms with Crippen molar-refractivity contribution in [3.8, 4) is 50.6 Å². The smallest absolute Gasteiger partial charge is 0.185 e. The van der Waals surface area contributed by atoms with E-state index in [1.807, 2.05) is 0 Å². The van der Waals surface area contributed by atoms with Crippen LogP contribution in [0.25, 0.3) is 127 Å². The van der Waals surface area contributed by atoms with Crippen LogP contribution in [-0.2, 0) is 16.2 Å². The van der Waals surface area contributed by atoms with Crippen LogP contribution < -0.4 is 0 Å². The molecular formula is C71H51N5. The Hall–Kier alpha value is -9.06. The van der Waals surface area contributed by atoms with Crippen LogP contribution in [0.4, 0.5) is 0 Å². The van der Waals surface area contributed by atoms with Crippen molar-refractivity contribution in [1.29, 1.82) is 0 Å². The van der Waals surface area contributed by atoms with Crippen molar-refractivity contribution < 1.29 is 0 Å². The van der Waals surface area contributed by atoms with Crippen LogP contribution in [0.3, 0.4) is 0 Å². The first-order valence-electron chi connectivity index (χ1n) is 26.8. The van der Waals surface area contributed by atoms with Crippen LogP contribution in [0.5, 0.6) is 0 Å². The van der Waals surface area contributed by atoms with E-state index in [9.17, 15) is 0 Å². The summed E-state index contributed by atoms with van der Waals surface area (Å²) >= 11 is 0. The molecule has 0 saturated heterocycles. The molecule has 4 heterocycles. The molecule has 0 spiro atoms. The zero-order valence-corrected chi connectivity index (χ0v) is 43.3. The fourth-order valence-electron chi connectivity index (χ4n) is 14.8. The quantitative estimate of drug-likeness (QED) is 0.177. The van der Waals surface area contributed by atoms with Crippen LogP contribution >= 0.6 is 0 Å². The third-order valence-corrected chi connectivity index (χ3v) is 18.5. The van der Waals surface area contributed by atoms with Crippen LogP contribution in [0, 0.1) is 0 Å². The Morgan fingerprint density at radius 3 is 1.13 bits per heavy atom. The number of rotatable bonds is 3. The summed E-state index contributed by atoms with van der Waals surface area (Å²) in [6.45, 7) is 14.3. The lowest BCUT2D eigenvalue weighted by Gasteiger charge is -2.23. The van der Waals surface area contributed by atoms with Crippen molar-refractivity contribution in [2.45, 2.75) is 57.8 Å². The lowest BCUT2D eigenvalue weighted by Crippen LogP contribution is -2.15. The summed E-state index contributed by atoms with van der Waals surface area (Å²) in [4.78, 5) is 0. The molecule has 0 saturated carbocycles. The fraction of sp³-hybridized carbons (Fsp3) is 0.127. The molecule has 10 aromatic carbocycles. The van der Waals surface area contributed by atoms with E-state index >= 15 is 0 Å². The molecule has 5 nitrogen and oxygen atoms in total. The third kappa shape index (κ3) is 5.16. The van der Waals surface area contributed by atoms with Crippen molar-refractivity contribution in [2.24, 2.45) is 0 Å². The molecule has 3 aliphatic carbocycles. The van der Waals surface area contributed by atoms with Gasteiger partial charge in [0.05, 0.1) is 38.6 Å². The van der Waals surface area contributed by atoms with E-state index in [1.54, 1.807) is 0 Å². The Bertz CT molecular complexity index is 4970. The van der Waals surface area contributed by atoms with Gasteiger partial charge >= 0.3 is 0 Å². The Balaban J connectivity index is 1.02. The van der Waals surface area contributed by atoms with Crippen molar-refractivity contribution in [1.82, 2.24) is 23.9 Å². The van der Waals surface area contributed by atoms with Gasteiger partial charge in [-0.15, -0.1) is 10.2 Å². The Morgan fingerprint density at radius 2 is 0.658 bits per heavy atom. The summed E-state index contributed by atoms with van der Waals surface area (Å²) in [5.41, 5.74) is 25.2. The zero-order chi connectivity index (χ0) is 50.7. The van der Waals surface area contributed by atoms with E-state index < -0.39 is 0 Å². The molecule has 17 rings (SSSR count). The van der Waals surface area contributed by atoms with Gasteiger partial charge in [-0.3, -0.25) is 4.57 Å². The summed E-state index contributed by atoms with van der Waals surface area (Å²) in [7, 11) is 0. The first-order chi connectivity index (χ1) is 37.0. The van der Waals surface area contributed by atoms with Crippen LogP contribution in [0.1, 0.15) is 74.9 Å². The van der Waals surface area contributed by atoms with Crippen LogP contribution in [0.2, 0.25) is 0 Å². The Kier molecular flexibility index (Phi) is 7.91. The monoisotopic (exact) mass is 973 g/mol. The van der Waals surface area contributed by atoms with Gasteiger partial charge in [-0.05, 0) is 140 Å². The molecular weight excluding hydrogens is 923 g/mol. The zero-order valence-electron chi connectivity index (χ0n) is 43.3. The Morgan fingerprint density at radius 1 is 0.276 bits per heavy atom. The topological polar surface area (TPSA) is 40.6 Å². The number of aromatic nitrogens is 5. The molecule has 0 N–H and O–H groups in total. The van der Waals surface area contributed by atoms with Crippen molar-refractivity contribution in [3.05, 3.63) is 234 Å². The molecule has 14 aromatic rings. The number of para-hydroxylation sites is 3. The van der Waals surface area contributed by atoms with Gasteiger partial charge in [0.15, 0.2) is 5.82 Å². The lowest BCUT2D eigenvalue weighted by atomic mass is 9.82. The van der Waals surface area contributed by atoms with Crippen molar-refractivity contribution in [3.63, 3.8) is 0 Å². The number of hydrogen-bond acceptors (Lipinski definition) is 2. The summed E-state index contributed by atoms with van der Waals surface area (Å²) in [5.74, 6) is 0.786. The average Bonchev–Trinajstić information content (AvgIpc) is 4.41. The summed E-state index contributed by atoms with van der Waals surface area (Å²) in [6, 6.07) is 75.4. The molecule has 360 valence electrons. The second-order valence-electron chi connectivity index (χ2n) is 23.4. The number of nitrogens with zero attached hydrogens (tertiary/aromatic N) is 5. The maximum absolute atomic E-state index is 5.47. The summed E-state index contributed by atoms with van der Waals surface area (Å²) in [6.07, 6.45) is 0. The third-order valence-electron chi connectivity index (χ3n) is 18.5. The minimum absolute atomic E-state index is 0.157. The first-order valence-corrected chi connectivity index (χ1v) is 26.8. The summed E-state index contributed by atoms with van der Waals surface area (Å²) < 4.78 is 7.46. The lowest BCUT2D eigenvalue weighted by molar-refractivity contribution is 0.660. The molecule has 0 fully saturated rings. The maximum atomic E-state index is 5.47. The van der Waals surface area contributed by atoms with E-state index in [0.29, 0.717) is 0 Å². The highest BCUT2D eigenvalue weighted by atomic mass is 15.2. The fourth-order valence-corrected chi connectivity index (χ4v) is 14.8. The number of benzene rings is 10. The van der Waals surface area contributed by atoms with Gasteiger partial charge in [0.2, 0.25) is 0 Å². The van der Waals surface area contributed by atoms with E-state index in [-0.39, 0.29) is 16.2 Å². The van der Waals surface area contributed by atoms with E-state index in [0.717, 1.165) is 50.2 Å². The number of fused-ring (bicyclic) bond motifs is 19. The molecule has 0 radical (unpaired) electrons. The molecule has 0 atom stereocenters. The second-order valence-corrected chi connectivity index (χ2v) is 23.4. The molecule has 0 unspecified atom stereocenters. The van der Waals surface area contributed by atoms with Crippen LogP contribution in [-0.4, -0.2) is 23.9 Å². The van der Waals surface area contributed by atoms with Gasteiger partial charge in [-0.25, -0.2) is 0 Å². The van der Waals surface area contributed by atoms with E-state index in [4.69, 9.17) is 10.2 Å². The molecule has 5 heteroatoms. The average molecular weight is 974 g/mol. The highest BCUT2D eigenvalue weighted by Gasteiger charge is 2.40. The first kappa shape index (κ1) is 42.3. The van der Waals surface area contributed by atoms with Gasteiger partial charge < -0.3 is 9.13 Å². The van der Waals surface area contributed by atoms with Crippen molar-refractivity contribution >= 4 is 76.3 Å². The van der Waals surface area contributed by atoms with Gasteiger partial charge in [0, 0.05) is 59.6 Å². The van der Waals surface area contributed by atoms with Crippen molar-refractivity contribution in [2.75, 3.05) is 0 Å².